The maximum atomic E-state index is 12.6. The molecule has 3 rings (SSSR count). The lowest BCUT2D eigenvalue weighted by Crippen LogP contribution is -2.23. The van der Waals surface area contributed by atoms with Gasteiger partial charge in [0, 0.05) is 23.5 Å². The number of nitrogens with zero attached hydrogens (tertiary/aromatic N) is 2. The molecule has 2 heterocycles. The van der Waals surface area contributed by atoms with Crippen LogP contribution in [0.2, 0.25) is 0 Å². The molecule has 7 nitrogen and oxygen atoms in total. The molecule has 0 radical (unpaired) electrons. The third kappa shape index (κ3) is 4.12. The van der Waals surface area contributed by atoms with Crippen LogP contribution in [0.15, 0.2) is 35.4 Å². The van der Waals surface area contributed by atoms with Crippen molar-refractivity contribution in [1.29, 1.82) is 0 Å². The molecule has 0 saturated heterocycles. The van der Waals surface area contributed by atoms with Gasteiger partial charge in [-0.3, -0.25) is 14.2 Å². The normalized spacial score (nSPS) is 10.8. The fourth-order valence-corrected chi connectivity index (χ4v) is 3.77. The molecule has 1 aromatic carbocycles. The summed E-state index contributed by atoms with van der Waals surface area (Å²) in [5.41, 5.74) is 1.81. The van der Waals surface area contributed by atoms with E-state index < -0.39 is 5.97 Å². The Morgan fingerprint density at radius 2 is 1.93 bits per heavy atom. The molecule has 0 aliphatic rings. The van der Waals surface area contributed by atoms with Gasteiger partial charge in [-0.05, 0) is 50.6 Å². The predicted molar refractivity (Wildman–Crippen MR) is 109 cm³/mol. The van der Waals surface area contributed by atoms with Crippen LogP contribution in [0.25, 0.3) is 10.2 Å². The summed E-state index contributed by atoms with van der Waals surface area (Å²) in [7, 11) is 0. The van der Waals surface area contributed by atoms with E-state index in [1.807, 2.05) is 13.8 Å². The number of aryl methyl sites for hydroxylation is 3. The number of hydrogen-bond donors (Lipinski definition) is 1. The highest BCUT2D eigenvalue weighted by molar-refractivity contribution is 7.18. The summed E-state index contributed by atoms with van der Waals surface area (Å²) in [5, 5.41) is 3.38. The number of hydrogen-bond acceptors (Lipinski definition) is 6. The van der Waals surface area contributed by atoms with Gasteiger partial charge in [-0.25, -0.2) is 9.78 Å². The maximum Gasteiger partial charge on any atom is 0.338 e. The summed E-state index contributed by atoms with van der Waals surface area (Å²) >= 11 is 1.50. The third-order valence-corrected chi connectivity index (χ3v) is 5.53. The zero-order valence-electron chi connectivity index (χ0n) is 15.9. The molecule has 8 heteroatoms. The average Bonchev–Trinajstić information content (AvgIpc) is 2.96. The van der Waals surface area contributed by atoms with Gasteiger partial charge in [0.15, 0.2) is 0 Å². The quantitative estimate of drug-likeness (QED) is 0.643. The Hall–Kier alpha value is -3.00. The van der Waals surface area contributed by atoms with E-state index in [1.54, 1.807) is 31.2 Å². The Labute approximate surface area is 166 Å². The minimum absolute atomic E-state index is 0.126. The molecule has 146 valence electrons. The van der Waals surface area contributed by atoms with Crippen molar-refractivity contribution in [3.05, 3.63) is 57.0 Å². The van der Waals surface area contributed by atoms with Crippen molar-refractivity contribution in [2.75, 3.05) is 11.9 Å². The molecule has 0 spiro atoms. The van der Waals surface area contributed by atoms with Gasteiger partial charge >= 0.3 is 5.97 Å². The minimum atomic E-state index is -0.401. The molecule has 0 atom stereocenters. The third-order valence-electron chi connectivity index (χ3n) is 4.42. The highest BCUT2D eigenvalue weighted by Gasteiger charge is 2.13. The molecule has 2 aromatic heterocycles. The van der Waals surface area contributed by atoms with Crippen molar-refractivity contribution < 1.29 is 14.3 Å². The first-order valence-corrected chi connectivity index (χ1v) is 9.74. The first-order chi connectivity index (χ1) is 13.4. The Balaban J connectivity index is 1.64. The van der Waals surface area contributed by atoms with Crippen molar-refractivity contribution in [2.24, 2.45) is 0 Å². The molecule has 0 aliphatic carbocycles. The summed E-state index contributed by atoms with van der Waals surface area (Å²) in [6.07, 6.45) is 1.62. The fourth-order valence-electron chi connectivity index (χ4n) is 2.78. The van der Waals surface area contributed by atoms with Crippen LogP contribution in [0, 0.1) is 13.8 Å². The first kappa shape index (κ1) is 19.8. The lowest BCUT2D eigenvalue weighted by Gasteiger charge is -2.08. The number of fused-ring (bicyclic) bond motifs is 1. The van der Waals surface area contributed by atoms with E-state index in [-0.39, 0.29) is 24.4 Å². The first-order valence-electron chi connectivity index (χ1n) is 8.93. The number of carbonyl (C=O) groups excluding carboxylic acids is 2. The summed E-state index contributed by atoms with van der Waals surface area (Å²) < 4.78 is 6.39. The number of rotatable bonds is 6. The zero-order chi connectivity index (χ0) is 20.3. The standard InChI is InChI=1S/C20H21N3O4S/c1-4-27-20(26)14-5-7-15(8-6-14)22-16(24)9-10-23-11-21-18-17(19(23)25)12(2)13(3)28-18/h5-8,11H,4,9-10H2,1-3H3,(H,22,24). The number of aromatic nitrogens is 2. The number of nitrogens with one attached hydrogen (secondary N) is 1. The van der Waals surface area contributed by atoms with Crippen LogP contribution in [0.1, 0.15) is 34.1 Å². The summed E-state index contributed by atoms with van der Waals surface area (Å²) in [4.78, 5) is 42.6. The Morgan fingerprint density at radius 1 is 1.21 bits per heavy atom. The van der Waals surface area contributed by atoms with Gasteiger partial charge in [-0.15, -0.1) is 11.3 Å². The molecular weight excluding hydrogens is 378 g/mol. The highest BCUT2D eigenvalue weighted by atomic mass is 32.1. The molecule has 28 heavy (non-hydrogen) atoms. The topological polar surface area (TPSA) is 90.3 Å². The second-order valence-electron chi connectivity index (χ2n) is 6.30. The lowest BCUT2D eigenvalue weighted by atomic mass is 10.2. The van der Waals surface area contributed by atoms with Crippen LogP contribution in [-0.4, -0.2) is 28.0 Å². The van der Waals surface area contributed by atoms with Gasteiger partial charge in [0.25, 0.3) is 5.56 Å². The Kier molecular flexibility index (Phi) is 5.89. The van der Waals surface area contributed by atoms with E-state index in [2.05, 4.69) is 10.3 Å². The molecule has 1 N–H and O–H groups in total. The van der Waals surface area contributed by atoms with E-state index in [9.17, 15) is 14.4 Å². The minimum Gasteiger partial charge on any atom is -0.462 e. The Morgan fingerprint density at radius 3 is 2.61 bits per heavy atom. The zero-order valence-corrected chi connectivity index (χ0v) is 16.8. The van der Waals surface area contributed by atoms with E-state index in [0.29, 0.717) is 23.2 Å². The number of thiophene rings is 1. The van der Waals surface area contributed by atoms with Crippen LogP contribution in [0.4, 0.5) is 5.69 Å². The van der Waals surface area contributed by atoms with E-state index in [4.69, 9.17) is 4.74 Å². The van der Waals surface area contributed by atoms with Crippen LogP contribution in [-0.2, 0) is 16.1 Å². The average molecular weight is 399 g/mol. The van der Waals surface area contributed by atoms with E-state index >= 15 is 0 Å². The van der Waals surface area contributed by atoms with Crippen molar-refractivity contribution >= 4 is 39.1 Å². The van der Waals surface area contributed by atoms with Gasteiger partial charge in [-0.1, -0.05) is 0 Å². The smallest absolute Gasteiger partial charge is 0.338 e. The molecule has 3 aromatic rings. The number of esters is 1. The lowest BCUT2D eigenvalue weighted by molar-refractivity contribution is -0.116. The molecule has 0 aliphatic heterocycles. The number of anilines is 1. The van der Waals surface area contributed by atoms with Crippen molar-refractivity contribution in [3.63, 3.8) is 0 Å². The summed E-state index contributed by atoms with van der Waals surface area (Å²) in [5.74, 6) is -0.629. The molecule has 0 saturated carbocycles. The van der Waals surface area contributed by atoms with E-state index in [1.165, 1.54) is 22.2 Å². The van der Waals surface area contributed by atoms with Gasteiger partial charge in [0.05, 0.1) is 23.9 Å². The second-order valence-corrected chi connectivity index (χ2v) is 7.51. The maximum absolute atomic E-state index is 12.6. The predicted octanol–water partition coefficient (Wildman–Crippen LogP) is 3.28. The summed E-state index contributed by atoms with van der Waals surface area (Å²) in [6, 6.07) is 6.47. The van der Waals surface area contributed by atoms with Crippen LogP contribution >= 0.6 is 11.3 Å². The van der Waals surface area contributed by atoms with Crippen LogP contribution < -0.4 is 10.9 Å². The number of ether oxygens (including phenoxy) is 1. The SMILES string of the molecule is CCOC(=O)c1ccc(NC(=O)CCn2cnc3sc(C)c(C)c3c2=O)cc1. The Bertz CT molecular complexity index is 1080. The van der Waals surface area contributed by atoms with Crippen molar-refractivity contribution in [2.45, 2.75) is 33.7 Å². The van der Waals surface area contributed by atoms with Crippen molar-refractivity contribution in [3.8, 4) is 0 Å². The molecule has 0 fully saturated rings. The fraction of sp³-hybridized carbons (Fsp3) is 0.300. The number of carbonyl (C=O) groups is 2. The van der Waals surface area contributed by atoms with Crippen LogP contribution in [0.3, 0.4) is 0 Å². The molecule has 0 unspecified atom stereocenters. The molecule has 1 amide bonds. The number of benzene rings is 1. The van der Waals surface area contributed by atoms with Gasteiger partial charge < -0.3 is 10.1 Å². The van der Waals surface area contributed by atoms with Gasteiger partial charge in [0.1, 0.15) is 4.83 Å². The highest BCUT2D eigenvalue weighted by Crippen LogP contribution is 2.25. The largest absolute Gasteiger partial charge is 0.462 e. The molecule has 0 bridgehead atoms. The monoisotopic (exact) mass is 399 g/mol. The van der Waals surface area contributed by atoms with Gasteiger partial charge in [0.2, 0.25) is 5.91 Å². The van der Waals surface area contributed by atoms with Crippen molar-refractivity contribution in [1.82, 2.24) is 9.55 Å². The van der Waals surface area contributed by atoms with Crippen LogP contribution in [0.5, 0.6) is 0 Å². The summed E-state index contributed by atoms with van der Waals surface area (Å²) in [6.45, 7) is 6.16. The van der Waals surface area contributed by atoms with E-state index in [0.717, 1.165) is 15.3 Å². The molecular formula is C20H21N3O4S. The van der Waals surface area contributed by atoms with Gasteiger partial charge in [-0.2, -0.15) is 0 Å². The second kappa shape index (κ2) is 8.35. The number of amides is 1.